The molecular weight excluding hydrogens is 356 g/mol. The molecule has 0 bridgehead atoms. The molecule has 27 heavy (non-hydrogen) atoms. The molecule has 1 atom stereocenters. The number of nitrogens with zero attached hydrogens (tertiary/aromatic N) is 3. The molecule has 0 radical (unpaired) electrons. The summed E-state index contributed by atoms with van der Waals surface area (Å²) in [7, 11) is 1.38. The van der Waals surface area contributed by atoms with E-state index in [0.717, 1.165) is 0 Å². The summed E-state index contributed by atoms with van der Waals surface area (Å²) in [6.45, 7) is 0.362. The van der Waals surface area contributed by atoms with Crippen LogP contribution in [0.15, 0.2) is 47.0 Å². The standard InChI is InChI=1S/C19H15F2N3O3/c1-26-16-7-2-11(8-15(16)21)19-22-18(23-27-19)12-9-17(25)24(10-12)14-5-3-13(20)4-6-14/h2-8,12H,9-10H2,1H3. The Morgan fingerprint density at radius 2 is 1.96 bits per heavy atom. The Morgan fingerprint density at radius 3 is 2.67 bits per heavy atom. The number of methoxy groups -OCH3 is 1. The molecule has 1 unspecified atom stereocenters. The zero-order valence-electron chi connectivity index (χ0n) is 14.4. The fraction of sp³-hybridized carbons (Fsp3) is 0.211. The molecule has 1 aliphatic heterocycles. The van der Waals surface area contributed by atoms with Gasteiger partial charge in [0.15, 0.2) is 17.4 Å². The highest BCUT2D eigenvalue weighted by Crippen LogP contribution is 2.32. The Kier molecular flexibility index (Phi) is 4.31. The van der Waals surface area contributed by atoms with Crippen LogP contribution in [0.1, 0.15) is 18.2 Å². The van der Waals surface area contributed by atoms with Gasteiger partial charge in [0.1, 0.15) is 5.82 Å². The van der Waals surface area contributed by atoms with Gasteiger partial charge in [-0.05, 0) is 42.5 Å². The van der Waals surface area contributed by atoms with Crippen LogP contribution in [0, 0.1) is 11.6 Å². The summed E-state index contributed by atoms with van der Waals surface area (Å²) >= 11 is 0. The maximum Gasteiger partial charge on any atom is 0.258 e. The van der Waals surface area contributed by atoms with Crippen LogP contribution in [0.3, 0.4) is 0 Å². The van der Waals surface area contributed by atoms with E-state index >= 15 is 0 Å². The van der Waals surface area contributed by atoms with Gasteiger partial charge in [-0.1, -0.05) is 5.16 Å². The lowest BCUT2D eigenvalue weighted by Gasteiger charge is -2.15. The van der Waals surface area contributed by atoms with E-state index in [0.29, 0.717) is 23.6 Å². The van der Waals surface area contributed by atoms with Gasteiger partial charge < -0.3 is 14.2 Å². The van der Waals surface area contributed by atoms with Crippen LogP contribution in [0.25, 0.3) is 11.5 Å². The van der Waals surface area contributed by atoms with Crippen molar-refractivity contribution in [2.24, 2.45) is 0 Å². The molecule has 6 nitrogen and oxygen atoms in total. The van der Waals surface area contributed by atoms with E-state index in [1.807, 2.05) is 0 Å². The van der Waals surface area contributed by atoms with Crippen molar-refractivity contribution < 1.29 is 22.8 Å². The maximum atomic E-state index is 13.9. The van der Waals surface area contributed by atoms with Crippen molar-refractivity contribution in [1.29, 1.82) is 0 Å². The van der Waals surface area contributed by atoms with Crippen molar-refractivity contribution in [3.05, 3.63) is 59.9 Å². The molecule has 138 valence electrons. The molecule has 0 spiro atoms. The summed E-state index contributed by atoms with van der Waals surface area (Å²) in [5, 5.41) is 3.94. The molecule has 1 aliphatic rings. The van der Waals surface area contributed by atoms with Crippen molar-refractivity contribution in [3.8, 4) is 17.2 Å². The summed E-state index contributed by atoms with van der Waals surface area (Å²) < 4.78 is 37.1. The molecule has 0 aliphatic carbocycles. The first-order chi connectivity index (χ1) is 13.0. The van der Waals surface area contributed by atoms with E-state index < -0.39 is 5.82 Å². The summed E-state index contributed by atoms with van der Waals surface area (Å²) in [5.41, 5.74) is 1.04. The lowest BCUT2D eigenvalue weighted by molar-refractivity contribution is -0.117. The van der Waals surface area contributed by atoms with E-state index in [1.165, 1.54) is 31.4 Å². The van der Waals surface area contributed by atoms with E-state index in [2.05, 4.69) is 10.1 Å². The SMILES string of the molecule is COc1ccc(-c2nc(C3CC(=O)N(c4ccc(F)cc4)C3)no2)cc1F. The van der Waals surface area contributed by atoms with Crippen LogP contribution in [0.4, 0.5) is 14.5 Å². The first-order valence-electron chi connectivity index (χ1n) is 8.28. The summed E-state index contributed by atoms with van der Waals surface area (Å²) in [4.78, 5) is 18.2. The smallest absolute Gasteiger partial charge is 0.258 e. The molecule has 0 saturated carbocycles. The minimum Gasteiger partial charge on any atom is -0.494 e. The number of aromatic nitrogens is 2. The quantitative estimate of drug-likeness (QED) is 0.702. The number of amides is 1. The van der Waals surface area contributed by atoms with Crippen LogP contribution in [0.2, 0.25) is 0 Å². The third-order valence-electron chi connectivity index (χ3n) is 4.47. The predicted molar refractivity (Wildman–Crippen MR) is 92.4 cm³/mol. The fourth-order valence-electron chi connectivity index (χ4n) is 3.07. The number of anilines is 1. The normalized spacial score (nSPS) is 16.8. The van der Waals surface area contributed by atoms with Gasteiger partial charge >= 0.3 is 0 Å². The molecule has 2 aromatic carbocycles. The van der Waals surface area contributed by atoms with E-state index in [1.54, 1.807) is 23.1 Å². The fourth-order valence-corrected chi connectivity index (χ4v) is 3.07. The number of halogens is 2. The third kappa shape index (κ3) is 3.25. The first kappa shape index (κ1) is 17.1. The summed E-state index contributed by atoms with van der Waals surface area (Å²) in [6, 6.07) is 10.1. The predicted octanol–water partition coefficient (Wildman–Crippen LogP) is 3.54. The van der Waals surface area contributed by atoms with Crippen LogP contribution in [-0.4, -0.2) is 29.7 Å². The van der Waals surface area contributed by atoms with Crippen LogP contribution in [0.5, 0.6) is 5.75 Å². The van der Waals surface area contributed by atoms with E-state index in [4.69, 9.17) is 9.26 Å². The molecule has 1 amide bonds. The second-order valence-corrected chi connectivity index (χ2v) is 6.19. The number of hydrogen-bond donors (Lipinski definition) is 0. The second kappa shape index (κ2) is 6.79. The Bertz CT molecular complexity index is 988. The van der Waals surface area contributed by atoms with Crippen molar-refractivity contribution >= 4 is 11.6 Å². The van der Waals surface area contributed by atoms with E-state index in [9.17, 15) is 13.6 Å². The highest BCUT2D eigenvalue weighted by Gasteiger charge is 2.34. The van der Waals surface area contributed by atoms with Crippen LogP contribution < -0.4 is 9.64 Å². The molecule has 1 saturated heterocycles. The molecule has 8 heteroatoms. The van der Waals surface area contributed by atoms with Crippen LogP contribution in [-0.2, 0) is 4.79 Å². The van der Waals surface area contributed by atoms with Gasteiger partial charge in [-0.2, -0.15) is 4.98 Å². The second-order valence-electron chi connectivity index (χ2n) is 6.19. The first-order valence-corrected chi connectivity index (χ1v) is 8.28. The molecular formula is C19H15F2N3O3. The summed E-state index contributed by atoms with van der Waals surface area (Å²) in [6.07, 6.45) is 0.216. The van der Waals surface area contributed by atoms with Gasteiger partial charge in [-0.3, -0.25) is 4.79 Å². The summed E-state index contributed by atoms with van der Waals surface area (Å²) in [5.74, 6) is -0.602. The maximum absolute atomic E-state index is 13.9. The molecule has 3 aromatic rings. The minimum atomic E-state index is -0.534. The monoisotopic (exact) mass is 371 g/mol. The van der Waals surface area contributed by atoms with E-state index in [-0.39, 0.29) is 35.7 Å². The van der Waals surface area contributed by atoms with Gasteiger partial charge in [0.05, 0.1) is 7.11 Å². The Hall–Kier alpha value is -3.29. The average Bonchev–Trinajstić information content (AvgIpc) is 3.29. The van der Waals surface area contributed by atoms with Crippen molar-refractivity contribution in [1.82, 2.24) is 10.1 Å². The Labute approximate surface area is 153 Å². The Morgan fingerprint density at radius 1 is 1.19 bits per heavy atom. The zero-order valence-corrected chi connectivity index (χ0v) is 14.4. The highest BCUT2D eigenvalue weighted by atomic mass is 19.1. The molecule has 0 N–H and O–H groups in total. The average molecular weight is 371 g/mol. The zero-order chi connectivity index (χ0) is 19.0. The highest BCUT2D eigenvalue weighted by molar-refractivity contribution is 5.96. The lowest BCUT2D eigenvalue weighted by atomic mass is 10.1. The molecule has 4 rings (SSSR count). The number of hydrogen-bond acceptors (Lipinski definition) is 5. The van der Waals surface area contributed by atoms with Crippen LogP contribution >= 0.6 is 0 Å². The largest absolute Gasteiger partial charge is 0.494 e. The molecule has 1 fully saturated rings. The third-order valence-corrected chi connectivity index (χ3v) is 4.47. The van der Waals surface area contributed by atoms with Gasteiger partial charge in [-0.25, -0.2) is 8.78 Å². The van der Waals surface area contributed by atoms with Gasteiger partial charge in [0.2, 0.25) is 5.91 Å². The number of benzene rings is 2. The number of carbonyl (C=O) groups excluding carboxylic acids is 1. The topological polar surface area (TPSA) is 68.5 Å². The lowest BCUT2D eigenvalue weighted by Crippen LogP contribution is -2.24. The van der Waals surface area contributed by atoms with Crippen molar-refractivity contribution in [2.75, 3.05) is 18.6 Å². The Balaban J connectivity index is 1.54. The number of ether oxygens (including phenoxy) is 1. The van der Waals surface area contributed by atoms with Crippen molar-refractivity contribution in [3.63, 3.8) is 0 Å². The molecule has 1 aromatic heterocycles. The van der Waals surface area contributed by atoms with Gasteiger partial charge in [0, 0.05) is 30.1 Å². The number of rotatable bonds is 4. The molecule has 2 heterocycles. The number of carbonyl (C=O) groups is 1. The minimum absolute atomic E-state index is 0.103. The van der Waals surface area contributed by atoms with Gasteiger partial charge in [-0.15, -0.1) is 0 Å². The van der Waals surface area contributed by atoms with Crippen molar-refractivity contribution in [2.45, 2.75) is 12.3 Å². The van der Waals surface area contributed by atoms with Gasteiger partial charge in [0.25, 0.3) is 5.89 Å².